The van der Waals surface area contributed by atoms with Crippen LogP contribution in [-0.2, 0) is 11.3 Å². The summed E-state index contributed by atoms with van der Waals surface area (Å²) >= 11 is 2.21. The van der Waals surface area contributed by atoms with Crippen molar-refractivity contribution in [3.63, 3.8) is 0 Å². The molecule has 0 fully saturated rings. The molecular formula is C13H15IN4O. The fourth-order valence-corrected chi connectivity index (χ4v) is 2.15. The van der Waals surface area contributed by atoms with E-state index < -0.39 is 0 Å². The third-order valence-electron chi connectivity index (χ3n) is 2.56. The van der Waals surface area contributed by atoms with Gasteiger partial charge in [0.15, 0.2) is 0 Å². The van der Waals surface area contributed by atoms with Crippen molar-refractivity contribution >= 4 is 39.9 Å². The van der Waals surface area contributed by atoms with Gasteiger partial charge in [0.1, 0.15) is 0 Å². The van der Waals surface area contributed by atoms with Gasteiger partial charge in [0.2, 0.25) is 5.91 Å². The van der Waals surface area contributed by atoms with E-state index in [-0.39, 0.29) is 5.91 Å². The first-order valence-electron chi connectivity index (χ1n) is 5.97. The molecule has 1 heterocycles. The second kappa shape index (κ2) is 6.55. The number of hydrogen-bond donors (Lipinski definition) is 2. The number of amides is 1. The lowest BCUT2D eigenvalue weighted by atomic mass is 10.2. The highest BCUT2D eigenvalue weighted by Crippen LogP contribution is 2.12. The number of nitrogens with two attached hydrogens (primary N) is 1. The number of nitrogens with zero attached hydrogens (tertiary/aromatic N) is 2. The van der Waals surface area contributed by atoms with Gasteiger partial charge in [-0.25, -0.2) is 0 Å². The number of halogens is 1. The molecule has 0 atom stereocenters. The van der Waals surface area contributed by atoms with Crippen LogP contribution in [0, 0.1) is 3.57 Å². The van der Waals surface area contributed by atoms with Gasteiger partial charge in [-0.3, -0.25) is 9.48 Å². The first-order valence-corrected chi connectivity index (χ1v) is 7.05. The Morgan fingerprint density at radius 2 is 2.32 bits per heavy atom. The predicted octanol–water partition coefficient (Wildman–Crippen LogP) is 2.49. The number of carbonyl (C=O) groups excluding carboxylic acids is 1. The van der Waals surface area contributed by atoms with Gasteiger partial charge in [0.25, 0.3) is 0 Å². The first-order chi connectivity index (χ1) is 9.13. The Morgan fingerprint density at radius 3 is 3.00 bits per heavy atom. The number of aromatic nitrogens is 2. The fraction of sp³-hybridized carbons (Fsp3) is 0.231. The maximum Gasteiger partial charge on any atom is 0.224 e. The van der Waals surface area contributed by atoms with Crippen LogP contribution >= 0.6 is 22.6 Å². The van der Waals surface area contributed by atoms with Crippen molar-refractivity contribution in [2.24, 2.45) is 0 Å². The Kier molecular flexibility index (Phi) is 4.78. The Morgan fingerprint density at radius 1 is 1.47 bits per heavy atom. The summed E-state index contributed by atoms with van der Waals surface area (Å²) in [6, 6.07) is 7.17. The van der Waals surface area contributed by atoms with Crippen molar-refractivity contribution in [2.45, 2.75) is 19.4 Å². The molecule has 1 amide bonds. The van der Waals surface area contributed by atoms with Crippen molar-refractivity contribution < 1.29 is 4.79 Å². The van der Waals surface area contributed by atoms with Crippen molar-refractivity contribution in [3.8, 4) is 0 Å². The zero-order chi connectivity index (χ0) is 13.7. The van der Waals surface area contributed by atoms with Crippen LogP contribution in [0.5, 0.6) is 0 Å². The molecule has 6 heteroatoms. The number of carbonyl (C=O) groups is 1. The van der Waals surface area contributed by atoms with E-state index in [1.807, 2.05) is 23.0 Å². The van der Waals surface area contributed by atoms with E-state index in [1.165, 1.54) is 0 Å². The van der Waals surface area contributed by atoms with E-state index >= 15 is 0 Å². The second-order valence-electron chi connectivity index (χ2n) is 4.20. The highest BCUT2D eigenvalue weighted by atomic mass is 127. The number of hydrogen-bond acceptors (Lipinski definition) is 3. The molecule has 19 heavy (non-hydrogen) atoms. The number of benzene rings is 1. The summed E-state index contributed by atoms with van der Waals surface area (Å²) < 4.78 is 2.94. The van der Waals surface area contributed by atoms with Crippen LogP contribution in [0.1, 0.15) is 12.8 Å². The van der Waals surface area contributed by atoms with Gasteiger partial charge >= 0.3 is 0 Å². The fourth-order valence-electron chi connectivity index (χ4n) is 1.70. The molecule has 100 valence electrons. The van der Waals surface area contributed by atoms with Crippen molar-refractivity contribution in [2.75, 3.05) is 11.1 Å². The van der Waals surface area contributed by atoms with E-state index in [2.05, 4.69) is 33.0 Å². The number of anilines is 2. The van der Waals surface area contributed by atoms with Gasteiger partial charge < -0.3 is 11.1 Å². The van der Waals surface area contributed by atoms with Crippen LogP contribution in [0.15, 0.2) is 36.7 Å². The van der Waals surface area contributed by atoms with Crippen LogP contribution in [-0.4, -0.2) is 15.7 Å². The lowest BCUT2D eigenvalue weighted by molar-refractivity contribution is -0.116. The molecule has 1 aromatic carbocycles. The standard InChI is InChI=1S/C13H15IN4O/c14-10-8-16-18(9-10)6-2-5-13(19)17-12-4-1-3-11(15)7-12/h1,3-4,7-9H,2,5-6,15H2,(H,17,19). The van der Waals surface area contributed by atoms with Crippen molar-refractivity contribution in [3.05, 3.63) is 40.2 Å². The van der Waals surface area contributed by atoms with Crippen LogP contribution in [0.4, 0.5) is 11.4 Å². The number of rotatable bonds is 5. The average molecular weight is 370 g/mol. The molecule has 0 saturated heterocycles. The molecule has 0 radical (unpaired) electrons. The zero-order valence-corrected chi connectivity index (χ0v) is 12.5. The quantitative estimate of drug-likeness (QED) is 0.628. The van der Waals surface area contributed by atoms with E-state index in [1.54, 1.807) is 18.3 Å². The summed E-state index contributed by atoms with van der Waals surface area (Å²) in [6.45, 7) is 0.743. The zero-order valence-electron chi connectivity index (χ0n) is 10.3. The molecule has 0 spiro atoms. The van der Waals surface area contributed by atoms with Gasteiger partial charge in [-0.1, -0.05) is 6.07 Å². The summed E-state index contributed by atoms with van der Waals surface area (Å²) in [5, 5.41) is 6.99. The van der Waals surface area contributed by atoms with Gasteiger partial charge in [-0.2, -0.15) is 5.10 Å². The third kappa shape index (κ3) is 4.55. The second-order valence-corrected chi connectivity index (χ2v) is 5.44. The van der Waals surface area contributed by atoms with E-state index in [4.69, 9.17) is 5.73 Å². The number of aryl methyl sites for hydroxylation is 1. The van der Waals surface area contributed by atoms with Crippen LogP contribution in [0.25, 0.3) is 0 Å². The van der Waals surface area contributed by atoms with E-state index in [0.717, 1.165) is 22.2 Å². The Labute approximate surface area is 125 Å². The first kappa shape index (κ1) is 13.9. The van der Waals surface area contributed by atoms with Crippen LogP contribution in [0.3, 0.4) is 0 Å². The molecule has 5 nitrogen and oxygen atoms in total. The smallest absolute Gasteiger partial charge is 0.224 e. The van der Waals surface area contributed by atoms with Gasteiger partial charge in [0, 0.05) is 30.5 Å². The molecule has 2 rings (SSSR count). The SMILES string of the molecule is Nc1cccc(NC(=O)CCCn2cc(I)cn2)c1. The highest BCUT2D eigenvalue weighted by molar-refractivity contribution is 14.1. The maximum atomic E-state index is 11.7. The molecule has 0 aliphatic heterocycles. The predicted molar refractivity (Wildman–Crippen MR) is 83.7 cm³/mol. The summed E-state index contributed by atoms with van der Waals surface area (Å²) in [5.74, 6) is -0.00699. The normalized spacial score (nSPS) is 10.4. The summed E-state index contributed by atoms with van der Waals surface area (Å²) in [5.41, 5.74) is 7.03. The van der Waals surface area contributed by atoms with Crippen LogP contribution in [0.2, 0.25) is 0 Å². The number of nitrogens with one attached hydrogen (secondary N) is 1. The molecule has 3 N–H and O–H groups in total. The summed E-state index contributed by atoms with van der Waals surface area (Å²) in [7, 11) is 0. The minimum Gasteiger partial charge on any atom is -0.399 e. The van der Waals surface area contributed by atoms with E-state index in [0.29, 0.717) is 12.1 Å². The molecule has 1 aromatic heterocycles. The Bertz CT molecular complexity index is 567. The minimum atomic E-state index is -0.00699. The minimum absolute atomic E-state index is 0.00699. The maximum absolute atomic E-state index is 11.7. The highest BCUT2D eigenvalue weighted by Gasteiger charge is 2.03. The molecule has 0 aliphatic rings. The summed E-state index contributed by atoms with van der Waals surface area (Å²) in [4.78, 5) is 11.7. The molecule has 0 bridgehead atoms. The topological polar surface area (TPSA) is 72.9 Å². The van der Waals surface area contributed by atoms with Gasteiger partial charge in [0.05, 0.1) is 9.77 Å². The Balaban J connectivity index is 1.76. The monoisotopic (exact) mass is 370 g/mol. The molecular weight excluding hydrogens is 355 g/mol. The average Bonchev–Trinajstić information content (AvgIpc) is 2.75. The lowest BCUT2D eigenvalue weighted by Crippen LogP contribution is -2.12. The largest absolute Gasteiger partial charge is 0.399 e. The van der Waals surface area contributed by atoms with E-state index in [9.17, 15) is 4.79 Å². The van der Waals surface area contributed by atoms with Crippen LogP contribution < -0.4 is 11.1 Å². The van der Waals surface area contributed by atoms with Gasteiger partial charge in [-0.05, 0) is 47.2 Å². The van der Waals surface area contributed by atoms with Crippen molar-refractivity contribution in [1.82, 2.24) is 9.78 Å². The molecule has 0 aliphatic carbocycles. The molecule has 0 saturated carbocycles. The van der Waals surface area contributed by atoms with Gasteiger partial charge in [-0.15, -0.1) is 0 Å². The summed E-state index contributed by atoms with van der Waals surface area (Å²) in [6.07, 6.45) is 4.97. The number of nitrogen functional groups attached to an aromatic ring is 1. The van der Waals surface area contributed by atoms with Crippen molar-refractivity contribution in [1.29, 1.82) is 0 Å². The third-order valence-corrected chi connectivity index (χ3v) is 3.12. The molecule has 0 unspecified atom stereocenters. The lowest BCUT2D eigenvalue weighted by Gasteiger charge is -2.06. The Hall–Kier alpha value is -1.57. The molecule has 2 aromatic rings.